The summed E-state index contributed by atoms with van der Waals surface area (Å²) in [6.07, 6.45) is 0.925. The summed E-state index contributed by atoms with van der Waals surface area (Å²) in [6, 6.07) is 15.7. The van der Waals surface area contributed by atoms with Crippen molar-refractivity contribution in [1.82, 2.24) is 0 Å². The van der Waals surface area contributed by atoms with Crippen molar-refractivity contribution in [1.29, 1.82) is 0 Å². The molecule has 2 aromatic rings. The largest absolute Gasteiger partial charge is 0.492 e. The number of hydrogen-bond donors (Lipinski definition) is 2. The van der Waals surface area contributed by atoms with Crippen LogP contribution in [-0.4, -0.2) is 19.1 Å². The maximum atomic E-state index is 12.4. The van der Waals surface area contributed by atoms with Gasteiger partial charge in [-0.1, -0.05) is 24.3 Å². The first kappa shape index (κ1) is 15.6. The second-order valence-corrected chi connectivity index (χ2v) is 5.96. The molecule has 2 atom stereocenters. The van der Waals surface area contributed by atoms with Gasteiger partial charge in [-0.3, -0.25) is 4.79 Å². The van der Waals surface area contributed by atoms with Crippen LogP contribution in [0.5, 0.6) is 5.75 Å². The predicted octanol–water partition coefficient (Wildman–Crippen LogP) is 3.07. The third-order valence-electron chi connectivity index (χ3n) is 4.22. The fraction of sp³-hybridized carbons (Fsp3) is 0.316. The third-order valence-corrected chi connectivity index (χ3v) is 4.22. The average Bonchev–Trinajstić information content (AvgIpc) is 3.35. The van der Waals surface area contributed by atoms with Crippen LogP contribution in [0.2, 0.25) is 0 Å². The van der Waals surface area contributed by atoms with Gasteiger partial charge in [0.05, 0.1) is 0 Å². The van der Waals surface area contributed by atoms with Gasteiger partial charge in [-0.15, -0.1) is 0 Å². The van der Waals surface area contributed by atoms with Gasteiger partial charge >= 0.3 is 0 Å². The van der Waals surface area contributed by atoms with Gasteiger partial charge in [0.1, 0.15) is 12.4 Å². The van der Waals surface area contributed by atoms with Gasteiger partial charge in [0.15, 0.2) is 0 Å². The Bertz CT molecular complexity index is 682. The van der Waals surface area contributed by atoms with Crippen molar-refractivity contribution >= 4 is 11.6 Å². The van der Waals surface area contributed by atoms with Crippen molar-refractivity contribution in [3.05, 3.63) is 59.7 Å². The smallest absolute Gasteiger partial charge is 0.228 e. The number of anilines is 1. The Labute approximate surface area is 136 Å². The van der Waals surface area contributed by atoms with Gasteiger partial charge in [0, 0.05) is 18.2 Å². The Kier molecular flexibility index (Phi) is 4.63. The molecule has 0 spiro atoms. The van der Waals surface area contributed by atoms with Crippen LogP contribution in [0.1, 0.15) is 23.5 Å². The molecule has 0 bridgehead atoms. The minimum absolute atomic E-state index is 0.0734. The second-order valence-electron chi connectivity index (χ2n) is 5.96. The SMILES string of the molecule is Cc1ccccc1C1CC1C(=O)Nc1ccc(OCCN)cc1. The highest BCUT2D eigenvalue weighted by atomic mass is 16.5. The van der Waals surface area contributed by atoms with E-state index in [9.17, 15) is 4.79 Å². The molecule has 0 aromatic heterocycles. The molecule has 0 radical (unpaired) electrons. The minimum atomic E-state index is 0.0734. The summed E-state index contributed by atoms with van der Waals surface area (Å²) >= 11 is 0. The van der Waals surface area contributed by atoms with Crippen molar-refractivity contribution < 1.29 is 9.53 Å². The van der Waals surface area contributed by atoms with Crippen molar-refractivity contribution in [2.75, 3.05) is 18.5 Å². The molecule has 0 aliphatic heterocycles. The predicted molar refractivity (Wildman–Crippen MR) is 91.6 cm³/mol. The Morgan fingerprint density at radius 3 is 2.65 bits per heavy atom. The van der Waals surface area contributed by atoms with E-state index in [2.05, 4.69) is 24.4 Å². The van der Waals surface area contributed by atoms with Crippen molar-refractivity contribution in [3.8, 4) is 5.75 Å². The van der Waals surface area contributed by atoms with E-state index in [1.807, 2.05) is 36.4 Å². The molecular formula is C19H22N2O2. The monoisotopic (exact) mass is 310 g/mol. The van der Waals surface area contributed by atoms with Crippen LogP contribution in [0.4, 0.5) is 5.69 Å². The zero-order chi connectivity index (χ0) is 16.2. The molecule has 1 fully saturated rings. The number of aryl methyl sites for hydroxylation is 1. The molecule has 4 heteroatoms. The zero-order valence-corrected chi connectivity index (χ0v) is 13.3. The summed E-state index contributed by atoms with van der Waals surface area (Å²) in [5.41, 5.74) is 8.75. The highest BCUT2D eigenvalue weighted by molar-refractivity contribution is 5.95. The Morgan fingerprint density at radius 1 is 1.22 bits per heavy atom. The normalized spacial score (nSPS) is 19.2. The van der Waals surface area contributed by atoms with Crippen molar-refractivity contribution in [2.45, 2.75) is 19.3 Å². The van der Waals surface area contributed by atoms with Crippen LogP contribution in [0, 0.1) is 12.8 Å². The molecular weight excluding hydrogens is 288 g/mol. The van der Waals surface area contributed by atoms with Crippen LogP contribution < -0.4 is 15.8 Å². The Balaban J connectivity index is 1.57. The summed E-state index contributed by atoms with van der Waals surface area (Å²) in [5.74, 6) is 1.28. The quantitative estimate of drug-likeness (QED) is 0.862. The van der Waals surface area contributed by atoms with E-state index in [0.717, 1.165) is 17.9 Å². The van der Waals surface area contributed by atoms with Gasteiger partial charge in [0.25, 0.3) is 0 Å². The Morgan fingerprint density at radius 2 is 1.96 bits per heavy atom. The number of rotatable bonds is 6. The Hall–Kier alpha value is -2.33. The number of carbonyl (C=O) groups is 1. The van der Waals surface area contributed by atoms with E-state index in [0.29, 0.717) is 19.1 Å². The fourth-order valence-corrected chi connectivity index (χ4v) is 2.88. The summed E-state index contributed by atoms with van der Waals surface area (Å²) < 4.78 is 5.43. The van der Waals surface area contributed by atoms with Gasteiger partial charge in [-0.25, -0.2) is 0 Å². The first-order valence-corrected chi connectivity index (χ1v) is 7.98. The molecule has 120 valence electrons. The topological polar surface area (TPSA) is 64.3 Å². The molecule has 2 unspecified atom stereocenters. The highest BCUT2D eigenvalue weighted by Gasteiger charge is 2.44. The third kappa shape index (κ3) is 3.71. The zero-order valence-electron chi connectivity index (χ0n) is 13.3. The first-order valence-electron chi connectivity index (χ1n) is 7.98. The molecule has 23 heavy (non-hydrogen) atoms. The number of hydrogen-bond acceptors (Lipinski definition) is 3. The summed E-state index contributed by atoms with van der Waals surface area (Å²) in [6.45, 7) is 3.08. The van der Waals surface area contributed by atoms with Crippen LogP contribution >= 0.6 is 0 Å². The lowest BCUT2D eigenvalue weighted by Crippen LogP contribution is -2.14. The van der Waals surface area contributed by atoms with Crippen LogP contribution in [-0.2, 0) is 4.79 Å². The molecule has 0 heterocycles. The van der Waals surface area contributed by atoms with Crippen LogP contribution in [0.15, 0.2) is 48.5 Å². The summed E-state index contributed by atoms with van der Waals surface area (Å²) in [5, 5.41) is 2.99. The number of nitrogens with two attached hydrogens (primary N) is 1. The molecule has 1 amide bonds. The molecule has 1 aliphatic rings. The van der Waals surface area contributed by atoms with Gasteiger partial charge in [-0.05, 0) is 54.7 Å². The van der Waals surface area contributed by atoms with E-state index >= 15 is 0 Å². The highest BCUT2D eigenvalue weighted by Crippen LogP contribution is 2.48. The lowest BCUT2D eigenvalue weighted by molar-refractivity contribution is -0.117. The first-order chi connectivity index (χ1) is 11.2. The number of nitrogens with one attached hydrogen (secondary N) is 1. The van der Waals surface area contributed by atoms with E-state index < -0.39 is 0 Å². The standard InChI is InChI=1S/C19H22N2O2/c1-13-4-2-3-5-16(13)17-12-18(17)19(22)21-14-6-8-15(9-7-14)23-11-10-20/h2-9,17-18H,10-12,20H2,1H3,(H,21,22). The van der Waals surface area contributed by atoms with Crippen molar-refractivity contribution in [3.63, 3.8) is 0 Å². The van der Waals surface area contributed by atoms with E-state index in [4.69, 9.17) is 10.5 Å². The van der Waals surface area contributed by atoms with Crippen molar-refractivity contribution in [2.24, 2.45) is 11.7 Å². The van der Waals surface area contributed by atoms with E-state index in [1.54, 1.807) is 0 Å². The van der Waals surface area contributed by atoms with Gasteiger partial charge < -0.3 is 15.8 Å². The lowest BCUT2D eigenvalue weighted by atomic mass is 10.0. The van der Waals surface area contributed by atoms with E-state index in [1.165, 1.54) is 11.1 Å². The number of ether oxygens (including phenoxy) is 1. The number of amides is 1. The number of benzene rings is 2. The second kappa shape index (κ2) is 6.84. The molecule has 3 rings (SSSR count). The fourth-order valence-electron chi connectivity index (χ4n) is 2.88. The lowest BCUT2D eigenvalue weighted by Gasteiger charge is -2.08. The molecule has 1 aliphatic carbocycles. The molecule has 1 saturated carbocycles. The molecule has 0 saturated heterocycles. The maximum absolute atomic E-state index is 12.4. The van der Waals surface area contributed by atoms with Gasteiger partial charge in [0.2, 0.25) is 5.91 Å². The minimum Gasteiger partial charge on any atom is -0.492 e. The number of carbonyl (C=O) groups excluding carboxylic acids is 1. The van der Waals surface area contributed by atoms with Crippen LogP contribution in [0.3, 0.4) is 0 Å². The van der Waals surface area contributed by atoms with Gasteiger partial charge in [-0.2, -0.15) is 0 Å². The average molecular weight is 310 g/mol. The van der Waals surface area contributed by atoms with Crippen LogP contribution in [0.25, 0.3) is 0 Å². The molecule has 2 aromatic carbocycles. The maximum Gasteiger partial charge on any atom is 0.228 e. The summed E-state index contributed by atoms with van der Waals surface area (Å²) in [7, 11) is 0. The molecule has 4 nitrogen and oxygen atoms in total. The molecule has 3 N–H and O–H groups in total. The van der Waals surface area contributed by atoms with E-state index in [-0.39, 0.29) is 11.8 Å². The summed E-state index contributed by atoms with van der Waals surface area (Å²) in [4.78, 5) is 12.4.